The first-order chi connectivity index (χ1) is 10.7. The van der Waals surface area contributed by atoms with Crippen molar-refractivity contribution in [1.29, 1.82) is 0 Å². The summed E-state index contributed by atoms with van der Waals surface area (Å²) in [6.07, 6.45) is 0.293. The van der Waals surface area contributed by atoms with E-state index in [9.17, 15) is 4.79 Å². The minimum Gasteiger partial charge on any atom is -0.352 e. The lowest BCUT2D eigenvalue weighted by molar-refractivity contribution is -0.120. The Morgan fingerprint density at radius 1 is 1.27 bits per heavy atom. The van der Waals surface area contributed by atoms with Gasteiger partial charge in [-0.3, -0.25) is 4.79 Å². The number of benzene rings is 1. The third kappa shape index (κ3) is 3.94. The molecule has 1 aromatic carbocycles. The van der Waals surface area contributed by atoms with Crippen LogP contribution in [0, 0.1) is 0 Å². The largest absolute Gasteiger partial charge is 0.352 e. The molecule has 0 fully saturated rings. The Bertz CT molecular complexity index is 768. The number of halogens is 1. The number of hydrogen-bond acceptors (Lipinski definition) is 4. The van der Waals surface area contributed by atoms with Gasteiger partial charge in [-0.1, -0.05) is 23.7 Å². The third-order valence-corrected chi connectivity index (χ3v) is 4.90. The Morgan fingerprint density at radius 2 is 2.18 bits per heavy atom. The first-order valence-corrected chi connectivity index (χ1v) is 8.89. The second kappa shape index (κ2) is 7.05. The fraction of sp³-hybridized carbons (Fsp3) is 0.125. The number of carbonyl (C=O) groups is 1. The quantitative estimate of drug-likeness (QED) is 0.743. The molecule has 1 N–H and O–H groups in total. The zero-order valence-corrected chi connectivity index (χ0v) is 14.0. The lowest BCUT2D eigenvalue weighted by Gasteiger charge is -2.04. The molecule has 0 aliphatic heterocycles. The van der Waals surface area contributed by atoms with Gasteiger partial charge >= 0.3 is 0 Å². The number of thiazole rings is 1. The van der Waals surface area contributed by atoms with Crippen LogP contribution in [0.1, 0.15) is 11.3 Å². The van der Waals surface area contributed by atoms with Crippen LogP contribution in [-0.4, -0.2) is 10.9 Å². The number of aromatic nitrogens is 1. The van der Waals surface area contributed by atoms with Crippen molar-refractivity contribution in [3.63, 3.8) is 0 Å². The monoisotopic (exact) mass is 348 g/mol. The summed E-state index contributed by atoms with van der Waals surface area (Å²) in [5, 5.41) is 10.5. The molecule has 22 heavy (non-hydrogen) atoms. The predicted molar refractivity (Wildman–Crippen MR) is 92.4 cm³/mol. The highest BCUT2D eigenvalue weighted by atomic mass is 35.5. The SMILES string of the molecule is O=C(Cc1csc(-c2ccsc2)n1)NCc1cccc(Cl)c1. The molecule has 3 aromatic rings. The van der Waals surface area contributed by atoms with Gasteiger partial charge in [0.25, 0.3) is 0 Å². The second-order valence-corrected chi connectivity index (χ2v) is 6.81. The van der Waals surface area contributed by atoms with E-state index >= 15 is 0 Å². The maximum Gasteiger partial charge on any atom is 0.226 e. The van der Waals surface area contributed by atoms with Crippen LogP contribution in [0.25, 0.3) is 10.6 Å². The second-order valence-electron chi connectivity index (χ2n) is 4.74. The zero-order chi connectivity index (χ0) is 15.4. The van der Waals surface area contributed by atoms with Crippen molar-refractivity contribution in [1.82, 2.24) is 10.3 Å². The number of thiophene rings is 1. The van der Waals surface area contributed by atoms with E-state index in [2.05, 4.69) is 15.7 Å². The molecule has 0 spiro atoms. The highest BCUT2D eigenvalue weighted by Gasteiger charge is 2.09. The van der Waals surface area contributed by atoms with Crippen molar-refractivity contribution < 1.29 is 4.79 Å². The van der Waals surface area contributed by atoms with Crippen molar-refractivity contribution in [2.75, 3.05) is 0 Å². The molecule has 0 saturated carbocycles. The van der Waals surface area contributed by atoms with Crippen LogP contribution < -0.4 is 5.32 Å². The van der Waals surface area contributed by atoms with Crippen LogP contribution in [0.4, 0.5) is 0 Å². The topological polar surface area (TPSA) is 42.0 Å². The van der Waals surface area contributed by atoms with Gasteiger partial charge in [-0.15, -0.1) is 11.3 Å². The van der Waals surface area contributed by atoms with E-state index in [0.29, 0.717) is 18.0 Å². The van der Waals surface area contributed by atoms with Crippen molar-refractivity contribution >= 4 is 40.2 Å². The van der Waals surface area contributed by atoms with Crippen LogP contribution in [0.2, 0.25) is 5.02 Å². The number of amides is 1. The average molecular weight is 349 g/mol. The number of nitrogens with zero attached hydrogens (tertiary/aromatic N) is 1. The van der Waals surface area contributed by atoms with Crippen LogP contribution in [0.15, 0.2) is 46.5 Å². The Morgan fingerprint density at radius 3 is 2.95 bits per heavy atom. The molecule has 2 aromatic heterocycles. The van der Waals surface area contributed by atoms with E-state index in [1.54, 1.807) is 22.7 Å². The molecule has 0 atom stereocenters. The molecule has 0 bridgehead atoms. The van der Waals surface area contributed by atoms with Crippen LogP contribution >= 0.6 is 34.3 Å². The number of nitrogens with one attached hydrogen (secondary N) is 1. The van der Waals surface area contributed by atoms with Crippen molar-refractivity contribution in [3.05, 3.63) is 62.8 Å². The van der Waals surface area contributed by atoms with Crippen LogP contribution in [0.3, 0.4) is 0 Å². The summed E-state index contributed by atoms with van der Waals surface area (Å²) in [5.74, 6) is -0.0397. The number of rotatable bonds is 5. The molecule has 6 heteroatoms. The minimum atomic E-state index is -0.0397. The van der Waals surface area contributed by atoms with E-state index < -0.39 is 0 Å². The third-order valence-electron chi connectivity index (χ3n) is 3.04. The van der Waals surface area contributed by atoms with Gasteiger partial charge < -0.3 is 5.32 Å². The minimum absolute atomic E-state index is 0.0397. The highest BCUT2D eigenvalue weighted by Crippen LogP contribution is 2.25. The van der Waals surface area contributed by atoms with E-state index in [0.717, 1.165) is 21.8 Å². The summed E-state index contributed by atoms with van der Waals surface area (Å²) >= 11 is 9.13. The fourth-order valence-corrected chi connectivity index (χ4v) is 3.73. The fourth-order valence-electron chi connectivity index (χ4n) is 1.98. The Hall–Kier alpha value is -1.69. The van der Waals surface area contributed by atoms with Gasteiger partial charge in [-0.05, 0) is 29.1 Å². The molecule has 0 radical (unpaired) electrons. The van der Waals surface area contributed by atoms with Crippen LogP contribution in [0.5, 0.6) is 0 Å². The summed E-state index contributed by atoms with van der Waals surface area (Å²) in [7, 11) is 0. The molecule has 0 aliphatic carbocycles. The predicted octanol–water partition coefficient (Wildman–Crippen LogP) is 4.38. The number of carbonyl (C=O) groups excluding carboxylic acids is 1. The summed E-state index contributed by atoms with van der Waals surface area (Å²) in [6, 6.07) is 9.50. The van der Waals surface area contributed by atoms with Gasteiger partial charge in [-0.2, -0.15) is 11.3 Å². The van der Waals surface area contributed by atoms with E-state index in [1.807, 2.05) is 41.1 Å². The maximum absolute atomic E-state index is 12.0. The molecule has 0 saturated heterocycles. The Labute approximate surface area is 141 Å². The number of hydrogen-bond donors (Lipinski definition) is 1. The molecule has 3 nitrogen and oxygen atoms in total. The van der Waals surface area contributed by atoms with Crippen molar-refractivity contribution in [2.24, 2.45) is 0 Å². The van der Waals surface area contributed by atoms with Gasteiger partial charge in [0.1, 0.15) is 5.01 Å². The smallest absolute Gasteiger partial charge is 0.226 e. The van der Waals surface area contributed by atoms with Crippen molar-refractivity contribution in [2.45, 2.75) is 13.0 Å². The Kier molecular flexibility index (Phi) is 4.87. The molecule has 0 aliphatic rings. The highest BCUT2D eigenvalue weighted by molar-refractivity contribution is 7.14. The van der Waals surface area contributed by atoms with Gasteiger partial charge in [0, 0.05) is 27.9 Å². The Balaban J connectivity index is 1.56. The molecular formula is C16H13ClN2OS2. The summed E-state index contributed by atoms with van der Waals surface area (Å²) in [4.78, 5) is 16.5. The lowest BCUT2D eigenvalue weighted by Crippen LogP contribution is -2.24. The van der Waals surface area contributed by atoms with Gasteiger partial charge in [0.2, 0.25) is 5.91 Å². The standard InChI is InChI=1S/C16H13ClN2OS2/c17-13-3-1-2-11(6-13)8-18-15(20)7-14-10-22-16(19-14)12-4-5-21-9-12/h1-6,9-10H,7-8H2,(H,18,20). The van der Waals surface area contributed by atoms with Gasteiger partial charge in [0.15, 0.2) is 0 Å². The van der Waals surface area contributed by atoms with E-state index in [1.165, 1.54) is 0 Å². The van der Waals surface area contributed by atoms with E-state index in [-0.39, 0.29) is 5.91 Å². The first kappa shape index (κ1) is 15.2. The summed E-state index contributed by atoms with van der Waals surface area (Å²) in [6.45, 7) is 0.473. The van der Waals surface area contributed by atoms with Gasteiger partial charge in [-0.25, -0.2) is 4.98 Å². The molecule has 3 rings (SSSR count). The van der Waals surface area contributed by atoms with Gasteiger partial charge in [0.05, 0.1) is 12.1 Å². The molecule has 112 valence electrons. The van der Waals surface area contributed by atoms with Crippen LogP contribution in [-0.2, 0) is 17.8 Å². The zero-order valence-electron chi connectivity index (χ0n) is 11.6. The maximum atomic E-state index is 12.0. The average Bonchev–Trinajstić information content (AvgIpc) is 3.16. The molecule has 0 unspecified atom stereocenters. The van der Waals surface area contributed by atoms with E-state index in [4.69, 9.17) is 11.6 Å². The summed E-state index contributed by atoms with van der Waals surface area (Å²) < 4.78 is 0. The summed E-state index contributed by atoms with van der Waals surface area (Å²) in [5.41, 5.74) is 2.90. The normalized spacial score (nSPS) is 10.6. The first-order valence-electron chi connectivity index (χ1n) is 6.69. The molecule has 2 heterocycles. The van der Waals surface area contributed by atoms with Crippen molar-refractivity contribution in [3.8, 4) is 10.6 Å². The lowest BCUT2D eigenvalue weighted by atomic mass is 10.2. The molecular weight excluding hydrogens is 336 g/mol. The molecule has 1 amide bonds.